The third-order valence-corrected chi connectivity index (χ3v) is 5.10. The highest BCUT2D eigenvalue weighted by Gasteiger charge is 2.26. The van der Waals surface area contributed by atoms with E-state index in [-0.39, 0.29) is 0 Å². The maximum atomic E-state index is 2.75. The molecule has 1 aromatic rings. The Bertz CT molecular complexity index is 429. The average Bonchev–Trinajstić information content (AvgIpc) is 2.68. The molecule has 2 heteroatoms. The lowest BCUT2D eigenvalue weighted by molar-refractivity contribution is 0.137. The van der Waals surface area contributed by atoms with Crippen molar-refractivity contribution in [2.45, 2.75) is 45.1 Å². The minimum Gasteiger partial charge on any atom is -0.301 e. The molecule has 2 aliphatic heterocycles. The number of benzene rings is 1. The first kappa shape index (κ1) is 14.1. The van der Waals surface area contributed by atoms with E-state index in [0.29, 0.717) is 0 Å². The molecule has 0 aliphatic carbocycles. The summed E-state index contributed by atoms with van der Waals surface area (Å²) in [5.41, 5.74) is 2.97. The molecule has 0 saturated carbocycles. The van der Waals surface area contributed by atoms with E-state index in [9.17, 15) is 0 Å². The highest BCUT2D eigenvalue weighted by molar-refractivity contribution is 5.25. The lowest BCUT2D eigenvalue weighted by Gasteiger charge is -2.35. The second-order valence-corrected chi connectivity index (χ2v) is 6.52. The first-order valence-corrected chi connectivity index (χ1v) is 8.34. The van der Waals surface area contributed by atoms with Crippen LogP contribution in [0.15, 0.2) is 24.3 Å². The molecule has 2 aliphatic rings. The fraction of sp³-hybridized carbons (Fsp3) is 0.667. The zero-order chi connectivity index (χ0) is 13.8. The SMILES string of the molecule is Cc1ccccc1CCN1CCCN2CCCCC2C1. The van der Waals surface area contributed by atoms with E-state index in [1.807, 2.05) is 0 Å². The molecule has 20 heavy (non-hydrogen) atoms. The molecule has 3 rings (SSSR count). The number of aryl methyl sites for hydroxylation is 1. The summed E-state index contributed by atoms with van der Waals surface area (Å²) in [6.45, 7) is 8.72. The van der Waals surface area contributed by atoms with Crippen LogP contribution < -0.4 is 0 Å². The lowest BCUT2D eigenvalue weighted by atomic mass is 10.0. The standard InChI is InChI=1S/C18H28N2/c1-16-7-2-3-8-17(16)10-14-19-11-6-13-20-12-5-4-9-18(20)15-19/h2-3,7-8,18H,4-6,9-15H2,1H3. The molecule has 2 saturated heterocycles. The molecule has 1 atom stereocenters. The second kappa shape index (κ2) is 6.73. The molecule has 0 aromatic heterocycles. The number of fused-ring (bicyclic) bond motifs is 1. The van der Waals surface area contributed by atoms with Crippen LogP contribution in [0.4, 0.5) is 0 Å². The zero-order valence-corrected chi connectivity index (χ0v) is 12.9. The van der Waals surface area contributed by atoms with Crippen molar-refractivity contribution in [2.24, 2.45) is 0 Å². The summed E-state index contributed by atoms with van der Waals surface area (Å²) in [5.74, 6) is 0. The van der Waals surface area contributed by atoms with Gasteiger partial charge in [0.15, 0.2) is 0 Å². The Morgan fingerprint density at radius 1 is 1.05 bits per heavy atom. The fourth-order valence-electron chi connectivity index (χ4n) is 3.82. The summed E-state index contributed by atoms with van der Waals surface area (Å²) in [7, 11) is 0. The van der Waals surface area contributed by atoms with Crippen LogP contribution in [-0.4, -0.2) is 48.6 Å². The highest BCUT2D eigenvalue weighted by atomic mass is 15.2. The smallest absolute Gasteiger partial charge is 0.0223 e. The van der Waals surface area contributed by atoms with Gasteiger partial charge in [0.2, 0.25) is 0 Å². The Labute approximate surface area is 123 Å². The minimum absolute atomic E-state index is 0.836. The molecule has 2 fully saturated rings. The van der Waals surface area contributed by atoms with Crippen LogP contribution in [-0.2, 0) is 6.42 Å². The topological polar surface area (TPSA) is 6.48 Å². The lowest BCUT2D eigenvalue weighted by Crippen LogP contribution is -2.44. The molecule has 0 N–H and O–H groups in total. The summed E-state index contributed by atoms with van der Waals surface area (Å²) in [6.07, 6.45) is 6.83. The maximum absolute atomic E-state index is 2.75. The maximum Gasteiger partial charge on any atom is 0.0223 e. The Morgan fingerprint density at radius 3 is 2.80 bits per heavy atom. The van der Waals surface area contributed by atoms with E-state index in [4.69, 9.17) is 0 Å². The fourth-order valence-corrected chi connectivity index (χ4v) is 3.82. The van der Waals surface area contributed by atoms with Crippen molar-refractivity contribution in [3.63, 3.8) is 0 Å². The number of nitrogens with zero attached hydrogens (tertiary/aromatic N) is 2. The van der Waals surface area contributed by atoms with Gasteiger partial charge in [-0.3, -0.25) is 4.90 Å². The van der Waals surface area contributed by atoms with E-state index in [2.05, 4.69) is 41.0 Å². The first-order chi connectivity index (χ1) is 9.83. The van der Waals surface area contributed by atoms with E-state index >= 15 is 0 Å². The number of hydrogen-bond acceptors (Lipinski definition) is 2. The van der Waals surface area contributed by atoms with Crippen molar-refractivity contribution in [3.05, 3.63) is 35.4 Å². The van der Waals surface area contributed by atoms with Crippen LogP contribution in [0.2, 0.25) is 0 Å². The van der Waals surface area contributed by atoms with Gasteiger partial charge in [-0.1, -0.05) is 30.7 Å². The Balaban J connectivity index is 1.56. The van der Waals surface area contributed by atoms with Gasteiger partial charge < -0.3 is 4.90 Å². The molecule has 1 unspecified atom stereocenters. The van der Waals surface area contributed by atoms with Crippen LogP contribution in [0.3, 0.4) is 0 Å². The van der Waals surface area contributed by atoms with E-state index in [0.717, 1.165) is 6.04 Å². The van der Waals surface area contributed by atoms with E-state index in [1.165, 1.54) is 76.0 Å². The van der Waals surface area contributed by atoms with Crippen molar-refractivity contribution in [2.75, 3.05) is 32.7 Å². The predicted octanol–water partition coefficient (Wildman–Crippen LogP) is 3.10. The van der Waals surface area contributed by atoms with Gasteiger partial charge in [0, 0.05) is 19.1 Å². The van der Waals surface area contributed by atoms with Gasteiger partial charge in [-0.15, -0.1) is 0 Å². The molecule has 0 amide bonds. The summed E-state index contributed by atoms with van der Waals surface area (Å²) >= 11 is 0. The van der Waals surface area contributed by atoms with Gasteiger partial charge in [0.25, 0.3) is 0 Å². The minimum atomic E-state index is 0.836. The van der Waals surface area contributed by atoms with Crippen molar-refractivity contribution >= 4 is 0 Å². The van der Waals surface area contributed by atoms with Gasteiger partial charge in [0.05, 0.1) is 0 Å². The molecular weight excluding hydrogens is 244 g/mol. The van der Waals surface area contributed by atoms with Crippen LogP contribution in [0.5, 0.6) is 0 Å². The van der Waals surface area contributed by atoms with Crippen LogP contribution in [0.1, 0.15) is 36.8 Å². The van der Waals surface area contributed by atoms with Gasteiger partial charge in [-0.25, -0.2) is 0 Å². The van der Waals surface area contributed by atoms with Gasteiger partial charge in [-0.2, -0.15) is 0 Å². The average molecular weight is 272 g/mol. The second-order valence-electron chi connectivity index (χ2n) is 6.52. The molecule has 1 aromatic carbocycles. The van der Waals surface area contributed by atoms with Gasteiger partial charge in [-0.05, 0) is 63.4 Å². The number of hydrogen-bond donors (Lipinski definition) is 0. The Kier molecular flexibility index (Phi) is 4.74. The molecular formula is C18H28N2. The van der Waals surface area contributed by atoms with Crippen molar-refractivity contribution < 1.29 is 0 Å². The van der Waals surface area contributed by atoms with Gasteiger partial charge in [0.1, 0.15) is 0 Å². The molecule has 0 spiro atoms. The molecule has 2 nitrogen and oxygen atoms in total. The van der Waals surface area contributed by atoms with Crippen LogP contribution >= 0.6 is 0 Å². The van der Waals surface area contributed by atoms with Crippen molar-refractivity contribution in [1.82, 2.24) is 9.80 Å². The Hall–Kier alpha value is -0.860. The van der Waals surface area contributed by atoms with Crippen molar-refractivity contribution in [3.8, 4) is 0 Å². The zero-order valence-electron chi connectivity index (χ0n) is 12.9. The number of piperidine rings is 1. The molecule has 0 bridgehead atoms. The monoisotopic (exact) mass is 272 g/mol. The normalized spacial score (nSPS) is 25.1. The largest absolute Gasteiger partial charge is 0.301 e. The predicted molar refractivity (Wildman–Crippen MR) is 85.2 cm³/mol. The molecule has 110 valence electrons. The highest BCUT2D eigenvalue weighted by Crippen LogP contribution is 2.21. The van der Waals surface area contributed by atoms with Crippen molar-refractivity contribution in [1.29, 1.82) is 0 Å². The number of rotatable bonds is 3. The first-order valence-electron chi connectivity index (χ1n) is 8.34. The third-order valence-electron chi connectivity index (χ3n) is 5.10. The van der Waals surface area contributed by atoms with E-state index in [1.54, 1.807) is 0 Å². The van der Waals surface area contributed by atoms with Crippen LogP contribution in [0, 0.1) is 6.92 Å². The third kappa shape index (κ3) is 3.42. The molecule has 2 heterocycles. The quantitative estimate of drug-likeness (QED) is 0.834. The summed E-state index contributed by atoms with van der Waals surface area (Å²) < 4.78 is 0. The molecule has 0 radical (unpaired) electrons. The van der Waals surface area contributed by atoms with E-state index < -0.39 is 0 Å². The van der Waals surface area contributed by atoms with Gasteiger partial charge >= 0.3 is 0 Å². The summed E-state index contributed by atoms with van der Waals surface area (Å²) in [4.78, 5) is 5.46. The van der Waals surface area contributed by atoms with Crippen LogP contribution in [0.25, 0.3) is 0 Å². The summed E-state index contributed by atoms with van der Waals surface area (Å²) in [6, 6.07) is 9.68. The Morgan fingerprint density at radius 2 is 1.90 bits per heavy atom. The summed E-state index contributed by atoms with van der Waals surface area (Å²) in [5, 5.41) is 0.